The molecule has 0 saturated heterocycles. The number of halogens is 2. The van der Waals surface area contributed by atoms with E-state index in [4.69, 9.17) is 27.9 Å². The lowest BCUT2D eigenvalue weighted by molar-refractivity contribution is -0.139. The zero-order valence-electron chi connectivity index (χ0n) is 17.9. The Morgan fingerprint density at radius 1 is 1.19 bits per heavy atom. The van der Waals surface area contributed by atoms with Crippen LogP contribution in [0.4, 0.5) is 5.69 Å². The largest absolute Gasteiger partial charge is 0.463 e. The van der Waals surface area contributed by atoms with Crippen molar-refractivity contribution in [2.75, 3.05) is 17.7 Å². The number of carbonyl (C=O) groups excluding carboxylic acids is 2. The smallest absolute Gasteiger partial charge is 0.338 e. The van der Waals surface area contributed by atoms with E-state index in [0.717, 1.165) is 11.3 Å². The Morgan fingerprint density at radius 2 is 1.94 bits per heavy atom. The third kappa shape index (κ3) is 5.85. The minimum absolute atomic E-state index is 0.137. The van der Waals surface area contributed by atoms with Crippen LogP contribution in [0.2, 0.25) is 10.0 Å². The quantitative estimate of drug-likeness (QED) is 0.520. The number of hydrogen-bond donors (Lipinski definition) is 2. The van der Waals surface area contributed by atoms with Crippen LogP contribution in [-0.2, 0) is 14.3 Å². The average Bonchev–Trinajstić information content (AvgIpc) is 2.74. The summed E-state index contributed by atoms with van der Waals surface area (Å²) in [6.45, 7) is 5.70. The molecule has 1 heterocycles. The fourth-order valence-corrected chi connectivity index (χ4v) is 4.36. The SMILES string of the molecule is CCOC(=O)C1=C(C)NC(SCC(=O)Nc2cccc(C)c2)=N[C@@H]1c1cccc(Cl)c1Cl. The molecule has 1 amide bonds. The first-order chi connectivity index (χ1) is 15.3. The number of anilines is 1. The van der Waals surface area contributed by atoms with Crippen molar-refractivity contribution in [1.82, 2.24) is 5.32 Å². The van der Waals surface area contributed by atoms with Crippen LogP contribution in [-0.4, -0.2) is 29.4 Å². The van der Waals surface area contributed by atoms with Crippen LogP contribution in [0.15, 0.2) is 58.7 Å². The van der Waals surface area contributed by atoms with Gasteiger partial charge in [0.1, 0.15) is 6.04 Å². The van der Waals surface area contributed by atoms with Crippen molar-refractivity contribution in [2.24, 2.45) is 4.99 Å². The Morgan fingerprint density at radius 3 is 2.66 bits per heavy atom. The summed E-state index contributed by atoms with van der Waals surface area (Å²) < 4.78 is 5.23. The molecule has 0 fully saturated rings. The lowest BCUT2D eigenvalue weighted by Gasteiger charge is -2.26. The van der Waals surface area contributed by atoms with Crippen LogP contribution in [0, 0.1) is 6.92 Å². The van der Waals surface area contributed by atoms with Gasteiger partial charge >= 0.3 is 5.97 Å². The van der Waals surface area contributed by atoms with Crippen LogP contribution < -0.4 is 10.6 Å². The molecule has 0 spiro atoms. The number of nitrogens with one attached hydrogen (secondary N) is 2. The maximum absolute atomic E-state index is 12.7. The number of aryl methyl sites for hydroxylation is 1. The van der Waals surface area contributed by atoms with Crippen molar-refractivity contribution in [2.45, 2.75) is 26.8 Å². The Labute approximate surface area is 201 Å². The van der Waals surface area contributed by atoms with Gasteiger partial charge in [-0.3, -0.25) is 4.79 Å². The fourth-order valence-electron chi connectivity index (χ4n) is 3.20. The molecule has 0 unspecified atom stereocenters. The molecule has 2 N–H and O–H groups in total. The van der Waals surface area contributed by atoms with Gasteiger partial charge in [0.15, 0.2) is 5.17 Å². The van der Waals surface area contributed by atoms with Crippen molar-refractivity contribution in [3.8, 4) is 0 Å². The first-order valence-corrected chi connectivity index (χ1v) is 11.7. The molecule has 0 aromatic heterocycles. The number of rotatable bonds is 6. The Hall–Kier alpha value is -2.48. The maximum Gasteiger partial charge on any atom is 0.338 e. The highest BCUT2D eigenvalue weighted by atomic mass is 35.5. The number of carbonyl (C=O) groups is 2. The molecule has 0 saturated carbocycles. The van der Waals surface area contributed by atoms with E-state index in [2.05, 4.69) is 15.6 Å². The maximum atomic E-state index is 12.7. The summed E-state index contributed by atoms with van der Waals surface area (Å²) in [4.78, 5) is 29.7. The van der Waals surface area contributed by atoms with Crippen molar-refractivity contribution in [3.05, 3.63) is 74.9 Å². The van der Waals surface area contributed by atoms with E-state index in [-0.39, 0.29) is 18.3 Å². The summed E-state index contributed by atoms with van der Waals surface area (Å²) in [7, 11) is 0. The summed E-state index contributed by atoms with van der Waals surface area (Å²) in [5, 5.41) is 7.16. The van der Waals surface area contributed by atoms with E-state index < -0.39 is 12.0 Å². The van der Waals surface area contributed by atoms with Gasteiger partial charge in [0.25, 0.3) is 0 Å². The normalized spacial score (nSPS) is 15.7. The van der Waals surface area contributed by atoms with Gasteiger partial charge in [0.2, 0.25) is 5.91 Å². The molecule has 2 aromatic carbocycles. The van der Waals surface area contributed by atoms with Crippen molar-refractivity contribution < 1.29 is 14.3 Å². The Kier molecular flexibility index (Phi) is 8.23. The lowest BCUT2D eigenvalue weighted by Crippen LogP contribution is -2.31. The summed E-state index contributed by atoms with van der Waals surface area (Å²) in [6.07, 6.45) is 0. The average molecular weight is 492 g/mol. The molecular weight excluding hydrogens is 469 g/mol. The number of aliphatic imine (C=N–C) groups is 1. The van der Waals surface area contributed by atoms with E-state index in [1.54, 1.807) is 32.0 Å². The minimum Gasteiger partial charge on any atom is -0.463 e. The Balaban J connectivity index is 1.82. The molecular formula is C23H23Cl2N3O3S. The van der Waals surface area contributed by atoms with Gasteiger partial charge < -0.3 is 15.4 Å². The van der Waals surface area contributed by atoms with Gasteiger partial charge in [-0.25, -0.2) is 9.79 Å². The Bertz CT molecular complexity index is 1100. The van der Waals surface area contributed by atoms with Gasteiger partial charge in [-0.1, -0.05) is 59.2 Å². The molecule has 3 rings (SSSR count). The molecule has 0 aliphatic carbocycles. The third-order valence-electron chi connectivity index (χ3n) is 4.63. The molecule has 6 nitrogen and oxygen atoms in total. The first kappa shape index (κ1) is 24.2. The highest BCUT2D eigenvalue weighted by Gasteiger charge is 2.32. The number of nitrogens with zero attached hydrogens (tertiary/aromatic N) is 1. The predicted octanol–water partition coefficient (Wildman–Crippen LogP) is 5.51. The van der Waals surface area contributed by atoms with Gasteiger partial charge in [0, 0.05) is 16.9 Å². The lowest BCUT2D eigenvalue weighted by atomic mass is 9.96. The van der Waals surface area contributed by atoms with Gasteiger partial charge in [-0.15, -0.1) is 0 Å². The van der Waals surface area contributed by atoms with Gasteiger partial charge in [-0.05, 0) is 44.5 Å². The number of thioether (sulfide) groups is 1. The van der Waals surface area contributed by atoms with E-state index in [9.17, 15) is 9.59 Å². The number of amidine groups is 1. The number of benzene rings is 2. The topological polar surface area (TPSA) is 79.8 Å². The highest BCUT2D eigenvalue weighted by molar-refractivity contribution is 8.14. The summed E-state index contributed by atoms with van der Waals surface area (Å²) >= 11 is 13.9. The van der Waals surface area contributed by atoms with Crippen LogP contribution in [0.3, 0.4) is 0 Å². The van der Waals surface area contributed by atoms with Crippen LogP contribution in [0.5, 0.6) is 0 Å². The van der Waals surface area contributed by atoms with Crippen LogP contribution in [0.25, 0.3) is 0 Å². The van der Waals surface area contributed by atoms with E-state index in [1.807, 2.05) is 31.2 Å². The molecule has 0 radical (unpaired) electrons. The second-order valence-electron chi connectivity index (χ2n) is 7.07. The zero-order valence-corrected chi connectivity index (χ0v) is 20.2. The number of allylic oxidation sites excluding steroid dienone is 1. The monoisotopic (exact) mass is 491 g/mol. The van der Waals surface area contributed by atoms with E-state index in [0.29, 0.717) is 32.0 Å². The molecule has 0 bridgehead atoms. The second-order valence-corrected chi connectivity index (χ2v) is 8.82. The number of hydrogen-bond acceptors (Lipinski definition) is 6. The van der Waals surface area contributed by atoms with Gasteiger partial charge in [-0.2, -0.15) is 0 Å². The molecule has 1 atom stereocenters. The summed E-state index contributed by atoms with van der Waals surface area (Å²) in [5.74, 6) is -0.513. The van der Waals surface area contributed by atoms with Crippen molar-refractivity contribution in [3.63, 3.8) is 0 Å². The molecule has 1 aliphatic rings. The zero-order chi connectivity index (χ0) is 23.3. The standard InChI is InChI=1S/C23H23Cl2N3O3S/c1-4-31-22(30)19-14(3)26-23(28-21(19)16-9-6-10-17(24)20(16)25)32-12-18(29)27-15-8-5-7-13(2)11-15/h5-11,21H,4,12H2,1-3H3,(H,26,28)(H,27,29)/t21-/m1/s1. The molecule has 2 aromatic rings. The van der Waals surface area contributed by atoms with Crippen molar-refractivity contribution >= 4 is 57.7 Å². The van der Waals surface area contributed by atoms with Crippen LogP contribution in [0.1, 0.15) is 31.0 Å². The fraction of sp³-hybridized carbons (Fsp3) is 0.261. The predicted molar refractivity (Wildman–Crippen MR) is 131 cm³/mol. The van der Waals surface area contributed by atoms with Crippen molar-refractivity contribution in [1.29, 1.82) is 0 Å². The second kappa shape index (κ2) is 10.9. The number of esters is 1. The van der Waals surface area contributed by atoms with Crippen LogP contribution >= 0.6 is 35.0 Å². The highest BCUT2D eigenvalue weighted by Crippen LogP contribution is 2.39. The molecule has 1 aliphatic heterocycles. The minimum atomic E-state index is -0.705. The first-order valence-electron chi connectivity index (χ1n) is 9.96. The summed E-state index contributed by atoms with van der Waals surface area (Å²) in [6, 6.07) is 12.1. The van der Waals surface area contributed by atoms with Gasteiger partial charge in [0.05, 0.1) is 28.0 Å². The molecule has 9 heteroatoms. The molecule has 32 heavy (non-hydrogen) atoms. The summed E-state index contributed by atoms with van der Waals surface area (Å²) in [5.41, 5.74) is 3.32. The van der Waals surface area contributed by atoms with E-state index >= 15 is 0 Å². The molecule has 168 valence electrons. The number of amides is 1. The van der Waals surface area contributed by atoms with E-state index in [1.165, 1.54) is 11.8 Å². The number of ether oxygens (including phenoxy) is 1. The third-order valence-corrected chi connectivity index (χ3v) is 6.35.